The maximum absolute atomic E-state index is 13.4. The minimum atomic E-state index is -3.62. The highest BCUT2D eigenvalue weighted by Gasteiger charge is 2.34. The van der Waals surface area contributed by atoms with Crippen molar-refractivity contribution in [2.45, 2.75) is 43.0 Å². The summed E-state index contributed by atoms with van der Waals surface area (Å²) in [6.07, 6.45) is 6.72. The molecule has 1 amide bonds. The van der Waals surface area contributed by atoms with E-state index in [4.69, 9.17) is 5.73 Å². The number of hydrogen-bond acceptors (Lipinski definition) is 7. The molecule has 0 aromatic heterocycles. The van der Waals surface area contributed by atoms with Crippen molar-refractivity contribution in [2.24, 2.45) is 17.6 Å². The predicted molar refractivity (Wildman–Crippen MR) is 153 cm³/mol. The highest BCUT2D eigenvalue weighted by Crippen LogP contribution is 2.39. The first kappa shape index (κ1) is 27.9. The van der Waals surface area contributed by atoms with E-state index in [0.717, 1.165) is 35.0 Å². The van der Waals surface area contributed by atoms with Gasteiger partial charge in [-0.2, -0.15) is 4.31 Å². The topological polar surface area (TPSA) is 133 Å². The minimum absolute atomic E-state index is 0.0598. The van der Waals surface area contributed by atoms with E-state index in [1.165, 1.54) is 38.4 Å². The van der Waals surface area contributed by atoms with E-state index in [1.54, 1.807) is 34.6 Å². The molecule has 10 nitrogen and oxygen atoms in total. The molecule has 0 unspecified atom stereocenters. The number of carbonyl (C=O) groups excluding carboxylic acids is 1. The number of amides is 1. The Morgan fingerprint density at radius 2 is 1.56 bits per heavy atom. The average Bonchev–Trinajstić information content (AvgIpc) is 2.85. The number of anilines is 3. The smallest absolute Gasteiger partial charge is 0.257 e. The molecule has 2 heterocycles. The van der Waals surface area contributed by atoms with Crippen molar-refractivity contribution < 1.29 is 21.6 Å². The van der Waals surface area contributed by atoms with Crippen molar-refractivity contribution >= 4 is 43.0 Å². The van der Waals surface area contributed by atoms with Crippen LogP contribution in [0.2, 0.25) is 0 Å². The number of nitrogens with one attached hydrogen (secondary N) is 1. The first-order chi connectivity index (χ1) is 18.4. The number of carbonyl (C=O) groups is 1. The molecule has 2 saturated heterocycles. The van der Waals surface area contributed by atoms with Crippen LogP contribution in [-0.2, 0) is 20.0 Å². The summed E-state index contributed by atoms with van der Waals surface area (Å²) in [6.45, 7) is 2.38. The summed E-state index contributed by atoms with van der Waals surface area (Å²) >= 11 is 0. The van der Waals surface area contributed by atoms with Crippen LogP contribution in [0.25, 0.3) is 0 Å². The van der Waals surface area contributed by atoms with Gasteiger partial charge in [0.25, 0.3) is 5.91 Å². The zero-order chi connectivity index (χ0) is 27.9. The summed E-state index contributed by atoms with van der Waals surface area (Å²) in [4.78, 5) is 15.6. The largest absolute Gasteiger partial charge is 0.368 e. The molecule has 1 aliphatic carbocycles. The van der Waals surface area contributed by atoms with Crippen LogP contribution in [0.3, 0.4) is 0 Å². The summed E-state index contributed by atoms with van der Waals surface area (Å²) in [7, 11) is -5.83. The minimum Gasteiger partial charge on any atom is -0.368 e. The molecule has 12 heteroatoms. The zero-order valence-corrected chi connectivity index (χ0v) is 24.0. The molecule has 2 aromatic rings. The summed E-state index contributed by atoms with van der Waals surface area (Å²) in [6, 6.07) is 11.2. The Labute approximate surface area is 231 Å². The van der Waals surface area contributed by atoms with Gasteiger partial charge in [0.2, 0.25) is 20.0 Å². The SMILES string of the molecule is CN(c1ccc(N2CC(N)C2)cc1C(=O)Nc1ccc(S(=O)(=O)N2CCC(C3CCC3)CC2)cc1)S(C)(=O)=O. The second-order valence-electron chi connectivity index (χ2n) is 11.0. The van der Waals surface area contributed by atoms with E-state index >= 15 is 0 Å². The van der Waals surface area contributed by atoms with E-state index < -0.39 is 26.0 Å². The molecule has 0 atom stereocenters. The summed E-state index contributed by atoms with van der Waals surface area (Å²) in [5, 5.41) is 2.79. The number of benzene rings is 2. The summed E-state index contributed by atoms with van der Waals surface area (Å²) in [5.74, 6) is 0.895. The van der Waals surface area contributed by atoms with Crippen molar-refractivity contribution in [1.29, 1.82) is 0 Å². The molecule has 2 aliphatic heterocycles. The number of rotatable bonds is 8. The van der Waals surface area contributed by atoms with Gasteiger partial charge in [-0.15, -0.1) is 0 Å². The van der Waals surface area contributed by atoms with Crippen molar-refractivity contribution in [3.05, 3.63) is 48.0 Å². The fourth-order valence-corrected chi connectivity index (χ4v) is 7.62. The molecule has 2 aromatic carbocycles. The molecular formula is C27H37N5O5S2. The Kier molecular flexibility index (Phi) is 7.66. The van der Waals surface area contributed by atoms with Gasteiger partial charge in [0.1, 0.15) is 0 Å². The Bertz CT molecular complexity index is 1430. The molecule has 3 N–H and O–H groups in total. The van der Waals surface area contributed by atoms with E-state index in [0.29, 0.717) is 37.8 Å². The average molecular weight is 576 g/mol. The molecule has 3 fully saturated rings. The Morgan fingerprint density at radius 1 is 0.949 bits per heavy atom. The second-order valence-corrected chi connectivity index (χ2v) is 15.0. The predicted octanol–water partition coefficient (Wildman–Crippen LogP) is 2.68. The van der Waals surface area contributed by atoms with Crippen LogP contribution < -0.4 is 20.3 Å². The van der Waals surface area contributed by atoms with Gasteiger partial charge in [0.05, 0.1) is 22.4 Å². The quantitative estimate of drug-likeness (QED) is 0.494. The highest BCUT2D eigenvalue weighted by molar-refractivity contribution is 7.92. The van der Waals surface area contributed by atoms with Crippen LogP contribution in [0.1, 0.15) is 42.5 Å². The van der Waals surface area contributed by atoms with E-state index in [1.807, 2.05) is 4.90 Å². The number of sulfonamides is 2. The Hall–Kier alpha value is -2.67. The third-order valence-corrected chi connectivity index (χ3v) is 11.5. The van der Waals surface area contributed by atoms with E-state index in [2.05, 4.69) is 5.32 Å². The van der Waals surface area contributed by atoms with Crippen LogP contribution in [0.5, 0.6) is 0 Å². The molecule has 0 bridgehead atoms. The Balaban J connectivity index is 1.31. The number of nitrogens with two attached hydrogens (primary N) is 1. The van der Waals surface area contributed by atoms with Gasteiger partial charge in [-0.25, -0.2) is 16.8 Å². The van der Waals surface area contributed by atoms with Gasteiger partial charge in [-0.1, -0.05) is 19.3 Å². The van der Waals surface area contributed by atoms with E-state index in [9.17, 15) is 21.6 Å². The normalized spacial score (nSPS) is 19.8. The summed E-state index contributed by atoms with van der Waals surface area (Å²) < 4.78 is 53.6. The molecule has 39 heavy (non-hydrogen) atoms. The van der Waals surface area contributed by atoms with Gasteiger partial charge < -0.3 is 16.0 Å². The van der Waals surface area contributed by atoms with Gasteiger partial charge >= 0.3 is 0 Å². The number of hydrogen-bond donors (Lipinski definition) is 2. The standard InChI is InChI=1S/C27H37N5O5S2/c1-30(38(2,34)35)26-11-8-23(31-17-21(28)18-31)16-25(26)27(33)29-22-6-9-24(10-7-22)39(36,37)32-14-12-20(13-15-32)19-4-3-5-19/h6-11,16,19-21H,3-5,12-15,17-18,28H2,1-2H3,(H,29,33). The maximum Gasteiger partial charge on any atom is 0.257 e. The molecule has 1 saturated carbocycles. The molecule has 5 rings (SSSR count). The van der Waals surface area contributed by atoms with Crippen LogP contribution in [0.15, 0.2) is 47.4 Å². The fraction of sp³-hybridized carbons (Fsp3) is 0.519. The lowest BCUT2D eigenvalue weighted by atomic mass is 9.72. The first-order valence-electron chi connectivity index (χ1n) is 13.4. The molecule has 212 valence electrons. The second kappa shape index (κ2) is 10.7. The monoisotopic (exact) mass is 575 g/mol. The molecule has 0 radical (unpaired) electrons. The van der Waals surface area contributed by atoms with Crippen LogP contribution in [-0.4, -0.2) is 72.6 Å². The number of piperidine rings is 1. The Morgan fingerprint density at radius 3 is 2.10 bits per heavy atom. The van der Waals surface area contributed by atoms with Gasteiger partial charge in [-0.3, -0.25) is 9.10 Å². The molecular weight excluding hydrogens is 538 g/mol. The summed E-state index contributed by atoms with van der Waals surface area (Å²) in [5.41, 5.74) is 7.52. The third kappa shape index (κ3) is 5.79. The van der Waals surface area contributed by atoms with Crippen LogP contribution in [0, 0.1) is 11.8 Å². The molecule has 0 spiro atoms. The van der Waals surface area contributed by atoms with Crippen molar-refractivity contribution in [3.63, 3.8) is 0 Å². The lowest BCUT2D eigenvalue weighted by molar-refractivity contribution is 0.102. The van der Waals surface area contributed by atoms with Gasteiger partial charge in [0.15, 0.2) is 0 Å². The van der Waals surface area contributed by atoms with Crippen molar-refractivity contribution in [1.82, 2.24) is 4.31 Å². The van der Waals surface area contributed by atoms with Crippen molar-refractivity contribution in [2.75, 3.05) is 54.0 Å². The van der Waals surface area contributed by atoms with Crippen LogP contribution in [0.4, 0.5) is 17.1 Å². The van der Waals surface area contributed by atoms with Crippen LogP contribution >= 0.6 is 0 Å². The zero-order valence-electron chi connectivity index (χ0n) is 22.4. The third-order valence-electron chi connectivity index (χ3n) is 8.40. The van der Waals surface area contributed by atoms with Gasteiger partial charge in [0, 0.05) is 50.6 Å². The van der Waals surface area contributed by atoms with E-state index in [-0.39, 0.29) is 22.2 Å². The first-order valence-corrected chi connectivity index (χ1v) is 16.7. The fourth-order valence-electron chi connectivity index (χ4n) is 5.64. The highest BCUT2D eigenvalue weighted by atomic mass is 32.2. The number of nitrogens with zero attached hydrogens (tertiary/aromatic N) is 3. The van der Waals surface area contributed by atoms with Gasteiger partial charge in [-0.05, 0) is 67.1 Å². The lowest BCUT2D eigenvalue weighted by Crippen LogP contribution is -2.55. The lowest BCUT2D eigenvalue weighted by Gasteiger charge is -2.39. The molecule has 3 aliphatic rings. The van der Waals surface area contributed by atoms with Crippen molar-refractivity contribution in [3.8, 4) is 0 Å². The maximum atomic E-state index is 13.4.